The van der Waals surface area contributed by atoms with Gasteiger partial charge in [-0.15, -0.1) is 11.3 Å². The second-order valence-corrected chi connectivity index (χ2v) is 7.21. The average Bonchev–Trinajstić information content (AvgIpc) is 2.82. The van der Waals surface area contributed by atoms with Crippen molar-refractivity contribution in [3.63, 3.8) is 0 Å². The Balaban J connectivity index is 1.89. The summed E-state index contributed by atoms with van der Waals surface area (Å²) in [6.07, 6.45) is 4.09. The average molecular weight is 252 g/mol. The Labute approximate surface area is 109 Å². The van der Waals surface area contributed by atoms with Crippen LogP contribution >= 0.6 is 11.3 Å². The summed E-state index contributed by atoms with van der Waals surface area (Å²) in [5.74, 6) is 0.831. The van der Waals surface area contributed by atoms with Crippen molar-refractivity contribution in [1.29, 1.82) is 0 Å². The van der Waals surface area contributed by atoms with Crippen molar-refractivity contribution in [3.05, 3.63) is 16.1 Å². The van der Waals surface area contributed by atoms with E-state index in [9.17, 15) is 0 Å². The van der Waals surface area contributed by atoms with Gasteiger partial charge in [0, 0.05) is 23.4 Å². The van der Waals surface area contributed by atoms with Crippen LogP contribution in [0.15, 0.2) is 5.38 Å². The Kier molecular flexibility index (Phi) is 3.88. The summed E-state index contributed by atoms with van der Waals surface area (Å²) < 4.78 is 0. The molecule has 2 nitrogen and oxygen atoms in total. The van der Waals surface area contributed by atoms with Gasteiger partial charge in [0.2, 0.25) is 0 Å². The number of aromatic nitrogens is 1. The van der Waals surface area contributed by atoms with E-state index >= 15 is 0 Å². The highest BCUT2D eigenvalue weighted by Crippen LogP contribution is 2.26. The van der Waals surface area contributed by atoms with E-state index in [2.05, 4.69) is 38.4 Å². The maximum Gasteiger partial charge on any atom is 0.107 e. The predicted octanol–water partition coefficient (Wildman–Crippen LogP) is 3.72. The predicted molar refractivity (Wildman–Crippen MR) is 74.5 cm³/mol. The fourth-order valence-corrected chi connectivity index (χ4v) is 3.38. The fraction of sp³-hybridized carbons (Fsp3) is 0.786. The first-order chi connectivity index (χ1) is 7.97. The molecule has 96 valence electrons. The van der Waals surface area contributed by atoms with Crippen LogP contribution in [0.1, 0.15) is 57.7 Å². The molecule has 0 aliphatic heterocycles. The van der Waals surface area contributed by atoms with Gasteiger partial charge in [-0.25, -0.2) is 4.98 Å². The molecule has 1 aliphatic rings. The third kappa shape index (κ3) is 3.29. The van der Waals surface area contributed by atoms with Crippen molar-refractivity contribution < 1.29 is 0 Å². The van der Waals surface area contributed by atoms with Gasteiger partial charge in [0.05, 0.1) is 5.69 Å². The van der Waals surface area contributed by atoms with Gasteiger partial charge in [-0.3, -0.25) is 0 Å². The SMILES string of the molecule is CC1CCCC1NCc1nc(C(C)(C)C)cs1. The summed E-state index contributed by atoms with van der Waals surface area (Å²) in [7, 11) is 0. The van der Waals surface area contributed by atoms with Gasteiger partial charge in [-0.2, -0.15) is 0 Å². The van der Waals surface area contributed by atoms with Gasteiger partial charge in [0.1, 0.15) is 5.01 Å². The minimum Gasteiger partial charge on any atom is -0.307 e. The molecule has 1 fully saturated rings. The van der Waals surface area contributed by atoms with Gasteiger partial charge in [0.25, 0.3) is 0 Å². The molecule has 1 saturated carbocycles. The smallest absolute Gasteiger partial charge is 0.107 e. The molecule has 1 heterocycles. The first kappa shape index (κ1) is 13.0. The topological polar surface area (TPSA) is 24.9 Å². The third-order valence-corrected chi connectivity index (χ3v) is 4.55. The van der Waals surface area contributed by atoms with E-state index in [1.54, 1.807) is 11.3 Å². The zero-order chi connectivity index (χ0) is 12.5. The van der Waals surface area contributed by atoms with Crippen LogP contribution in [0.3, 0.4) is 0 Å². The maximum absolute atomic E-state index is 4.72. The highest BCUT2D eigenvalue weighted by Gasteiger charge is 2.23. The van der Waals surface area contributed by atoms with Gasteiger partial charge in [-0.05, 0) is 18.8 Å². The highest BCUT2D eigenvalue weighted by molar-refractivity contribution is 7.09. The van der Waals surface area contributed by atoms with Gasteiger partial charge >= 0.3 is 0 Å². The summed E-state index contributed by atoms with van der Waals surface area (Å²) in [5, 5.41) is 7.09. The Morgan fingerprint density at radius 2 is 2.18 bits per heavy atom. The molecule has 1 aliphatic carbocycles. The number of thiazole rings is 1. The molecule has 1 N–H and O–H groups in total. The molecule has 1 aromatic heterocycles. The van der Waals surface area contributed by atoms with Crippen LogP contribution in [0.25, 0.3) is 0 Å². The van der Waals surface area contributed by atoms with E-state index in [0.29, 0.717) is 6.04 Å². The lowest BCUT2D eigenvalue weighted by Crippen LogP contribution is -2.30. The largest absolute Gasteiger partial charge is 0.307 e. The highest BCUT2D eigenvalue weighted by atomic mass is 32.1. The zero-order valence-corrected chi connectivity index (χ0v) is 12.2. The molecule has 0 spiro atoms. The van der Waals surface area contributed by atoms with E-state index in [1.807, 2.05) is 0 Å². The van der Waals surface area contributed by atoms with Gasteiger partial charge in [-0.1, -0.05) is 34.1 Å². The van der Waals surface area contributed by atoms with E-state index in [-0.39, 0.29) is 5.41 Å². The summed E-state index contributed by atoms with van der Waals surface area (Å²) in [6.45, 7) is 9.96. The Bertz CT molecular complexity index is 365. The first-order valence-electron chi connectivity index (χ1n) is 6.65. The molecule has 17 heavy (non-hydrogen) atoms. The number of rotatable bonds is 3. The van der Waals surface area contributed by atoms with Gasteiger partial charge in [0.15, 0.2) is 0 Å². The Morgan fingerprint density at radius 1 is 1.41 bits per heavy atom. The monoisotopic (exact) mass is 252 g/mol. The number of hydrogen-bond donors (Lipinski definition) is 1. The molecule has 3 heteroatoms. The lowest BCUT2D eigenvalue weighted by atomic mass is 9.93. The molecule has 0 radical (unpaired) electrons. The molecule has 0 bridgehead atoms. The van der Waals surface area contributed by atoms with Crippen LogP contribution in [0.5, 0.6) is 0 Å². The Hall–Kier alpha value is -0.410. The lowest BCUT2D eigenvalue weighted by Gasteiger charge is -2.16. The summed E-state index contributed by atoms with van der Waals surface area (Å²) >= 11 is 1.79. The number of hydrogen-bond acceptors (Lipinski definition) is 3. The molecule has 2 atom stereocenters. The van der Waals surface area contributed by atoms with Crippen LogP contribution in [-0.4, -0.2) is 11.0 Å². The second-order valence-electron chi connectivity index (χ2n) is 6.27. The molecule has 0 amide bonds. The van der Waals surface area contributed by atoms with Crippen molar-refractivity contribution in [1.82, 2.24) is 10.3 Å². The number of nitrogens with one attached hydrogen (secondary N) is 1. The summed E-state index contributed by atoms with van der Waals surface area (Å²) in [4.78, 5) is 4.72. The van der Waals surface area contributed by atoms with Crippen LogP contribution in [0.4, 0.5) is 0 Å². The molecule has 0 saturated heterocycles. The van der Waals surface area contributed by atoms with Crippen molar-refractivity contribution in [2.24, 2.45) is 5.92 Å². The van der Waals surface area contributed by atoms with Crippen molar-refractivity contribution in [3.8, 4) is 0 Å². The molecule has 2 unspecified atom stereocenters. The van der Waals surface area contributed by atoms with Crippen molar-refractivity contribution in [2.75, 3.05) is 0 Å². The fourth-order valence-electron chi connectivity index (χ4n) is 2.40. The van der Waals surface area contributed by atoms with Crippen molar-refractivity contribution in [2.45, 2.75) is 65.0 Å². The first-order valence-corrected chi connectivity index (χ1v) is 7.53. The van der Waals surface area contributed by atoms with Crippen LogP contribution in [-0.2, 0) is 12.0 Å². The minimum atomic E-state index is 0.176. The standard InChI is InChI=1S/C14H24N2S/c1-10-6-5-7-11(10)15-8-13-16-12(9-17-13)14(2,3)4/h9-11,15H,5-8H2,1-4H3. The second kappa shape index (κ2) is 5.07. The normalized spacial score (nSPS) is 25.4. The minimum absolute atomic E-state index is 0.176. The quantitative estimate of drug-likeness (QED) is 0.887. The van der Waals surface area contributed by atoms with E-state index in [4.69, 9.17) is 4.98 Å². The summed E-state index contributed by atoms with van der Waals surface area (Å²) in [5.41, 5.74) is 1.40. The van der Waals surface area contributed by atoms with Crippen LogP contribution in [0, 0.1) is 5.92 Å². The lowest BCUT2D eigenvalue weighted by molar-refractivity contribution is 0.425. The molecule has 1 aromatic rings. The molecule has 2 rings (SSSR count). The third-order valence-electron chi connectivity index (χ3n) is 3.70. The number of nitrogens with zero attached hydrogens (tertiary/aromatic N) is 1. The van der Waals surface area contributed by atoms with Gasteiger partial charge < -0.3 is 5.32 Å². The van der Waals surface area contributed by atoms with Crippen LogP contribution < -0.4 is 5.32 Å². The van der Waals surface area contributed by atoms with E-state index < -0.39 is 0 Å². The Morgan fingerprint density at radius 3 is 2.71 bits per heavy atom. The molecular weight excluding hydrogens is 228 g/mol. The van der Waals surface area contributed by atoms with E-state index in [1.165, 1.54) is 30.0 Å². The zero-order valence-electron chi connectivity index (χ0n) is 11.4. The molecular formula is C14H24N2S. The van der Waals surface area contributed by atoms with Crippen LogP contribution in [0.2, 0.25) is 0 Å². The maximum atomic E-state index is 4.72. The van der Waals surface area contributed by atoms with Crippen molar-refractivity contribution >= 4 is 11.3 Å². The molecule has 0 aromatic carbocycles. The van der Waals surface area contributed by atoms with E-state index in [0.717, 1.165) is 12.5 Å². The summed E-state index contributed by atoms with van der Waals surface area (Å²) in [6, 6.07) is 0.706.